The predicted molar refractivity (Wildman–Crippen MR) is 62.4 cm³/mol. The minimum Gasteiger partial charge on any atom is -0.465 e. The van der Waals surface area contributed by atoms with Crippen LogP contribution >= 0.6 is 0 Å². The SMILES string of the molecule is COC(=O)c1cncc(C=CC(OC)OC)c1. The van der Waals surface area contributed by atoms with Crippen LogP contribution in [-0.2, 0) is 14.2 Å². The highest BCUT2D eigenvalue weighted by Gasteiger charge is 2.05. The molecule has 0 aliphatic heterocycles. The zero-order valence-corrected chi connectivity index (χ0v) is 10.0. The third kappa shape index (κ3) is 3.97. The summed E-state index contributed by atoms with van der Waals surface area (Å²) in [4.78, 5) is 15.2. The second kappa shape index (κ2) is 6.78. The predicted octanol–water partition coefficient (Wildman–Crippen LogP) is 1.50. The summed E-state index contributed by atoms with van der Waals surface area (Å²) in [5.41, 5.74) is 1.17. The molecule has 5 heteroatoms. The lowest BCUT2D eigenvalue weighted by Crippen LogP contribution is -2.08. The minimum atomic E-state index is -0.420. The average molecular weight is 237 g/mol. The monoisotopic (exact) mass is 237 g/mol. The molecule has 0 atom stereocenters. The lowest BCUT2D eigenvalue weighted by molar-refractivity contribution is -0.0660. The van der Waals surface area contributed by atoms with Crippen molar-refractivity contribution < 1.29 is 19.0 Å². The molecule has 0 saturated heterocycles. The lowest BCUT2D eigenvalue weighted by atomic mass is 10.2. The van der Waals surface area contributed by atoms with Crippen LogP contribution in [0.4, 0.5) is 0 Å². The van der Waals surface area contributed by atoms with Crippen LogP contribution < -0.4 is 0 Å². The van der Waals surface area contributed by atoms with Crippen molar-refractivity contribution in [1.29, 1.82) is 0 Å². The van der Waals surface area contributed by atoms with E-state index >= 15 is 0 Å². The summed E-state index contributed by atoms with van der Waals surface area (Å²) in [6.45, 7) is 0. The summed E-state index contributed by atoms with van der Waals surface area (Å²) in [6, 6.07) is 1.68. The maximum Gasteiger partial charge on any atom is 0.339 e. The first-order chi connectivity index (χ1) is 8.21. The number of pyridine rings is 1. The van der Waals surface area contributed by atoms with Gasteiger partial charge in [0.25, 0.3) is 0 Å². The Morgan fingerprint density at radius 2 is 2.00 bits per heavy atom. The first-order valence-corrected chi connectivity index (χ1v) is 4.98. The molecular formula is C12H15NO4. The van der Waals surface area contributed by atoms with E-state index in [1.807, 2.05) is 0 Å². The van der Waals surface area contributed by atoms with E-state index in [1.165, 1.54) is 13.3 Å². The molecule has 92 valence electrons. The molecule has 0 aromatic carbocycles. The van der Waals surface area contributed by atoms with Crippen molar-refractivity contribution in [3.63, 3.8) is 0 Å². The summed E-state index contributed by atoms with van der Waals surface area (Å²) in [6.07, 6.45) is 6.14. The molecular weight excluding hydrogens is 222 g/mol. The third-order valence-electron chi connectivity index (χ3n) is 2.09. The van der Waals surface area contributed by atoms with Crippen molar-refractivity contribution in [2.24, 2.45) is 0 Å². The number of aromatic nitrogens is 1. The molecule has 0 saturated carbocycles. The van der Waals surface area contributed by atoms with E-state index in [9.17, 15) is 4.79 Å². The summed E-state index contributed by atoms with van der Waals surface area (Å²) in [5.74, 6) is -0.414. The van der Waals surface area contributed by atoms with Crippen LogP contribution in [0.2, 0.25) is 0 Å². The molecule has 1 aromatic heterocycles. The zero-order valence-electron chi connectivity index (χ0n) is 10.0. The van der Waals surface area contributed by atoms with Gasteiger partial charge in [0.05, 0.1) is 12.7 Å². The van der Waals surface area contributed by atoms with Gasteiger partial charge in [-0.15, -0.1) is 0 Å². The van der Waals surface area contributed by atoms with Crippen LogP contribution in [0.15, 0.2) is 24.5 Å². The molecule has 0 bridgehead atoms. The van der Waals surface area contributed by atoms with Gasteiger partial charge < -0.3 is 14.2 Å². The minimum absolute atomic E-state index is 0.404. The Morgan fingerprint density at radius 1 is 1.29 bits per heavy atom. The maximum atomic E-state index is 11.3. The van der Waals surface area contributed by atoms with Gasteiger partial charge in [-0.2, -0.15) is 0 Å². The van der Waals surface area contributed by atoms with E-state index in [4.69, 9.17) is 9.47 Å². The standard InChI is InChI=1S/C12H15NO4/c1-15-11(16-2)5-4-9-6-10(8-13-7-9)12(14)17-3/h4-8,11H,1-3H3. The second-order valence-corrected chi connectivity index (χ2v) is 3.20. The fourth-order valence-corrected chi connectivity index (χ4v) is 1.22. The zero-order chi connectivity index (χ0) is 12.7. The van der Waals surface area contributed by atoms with Crippen LogP contribution in [0.3, 0.4) is 0 Å². The number of hydrogen-bond donors (Lipinski definition) is 0. The molecule has 0 spiro atoms. The Morgan fingerprint density at radius 3 is 2.59 bits per heavy atom. The third-order valence-corrected chi connectivity index (χ3v) is 2.09. The number of ether oxygens (including phenoxy) is 3. The molecule has 0 aliphatic carbocycles. The lowest BCUT2D eigenvalue weighted by Gasteiger charge is -2.07. The van der Waals surface area contributed by atoms with Gasteiger partial charge in [-0.25, -0.2) is 4.79 Å². The summed E-state index contributed by atoms with van der Waals surface area (Å²) in [5, 5.41) is 0. The molecule has 1 heterocycles. The number of hydrogen-bond acceptors (Lipinski definition) is 5. The fraction of sp³-hybridized carbons (Fsp3) is 0.333. The van der Waals surface area contributed by atoms with Gasteiger partial charge in [-0.1, -0.05) is 6.08 Å². The summed E-state index contributed by atoms with van der Waals surface area (Å²) < 4.78 is 14.6. The topological polar surface area (TPSA) is 57.7 Å². The average Bonchev–Trinajstić information content (AvgIpc) is 2.39. The molecule has 17 heavy (non-hydrogen) atoms. The van der Waals surface area contributed by atoms with Gasteiger partial charge in [0, 0.05) is 26.6 Å². The van der Waals surface area contributed by atoms with E-state index in [1.54, 1.807) is 38.6 Å². The molecule has 5 nitrogen and oxygen atoms in total. The van der Waals surface area contributed by atoms with Crippen molar-refractivity contribution in [3.05, 3.63) is 35.7 Å². The number of carbonyl (C=O) groups excluding carboxylic acids is 1. The van der Waals surface area contributed by atoms with E-state index in [0.717, 1.165) is 5.56 Å². The first-order valence-electron chi connectivity index (χ1n) is 4.98. The first kappa shape index (κ1) is 13.3. The molecule has 0 aliphatic rings. The van der Waals surface area contributed by atoms with Crippen molar-refractivity contribution in [2.75, 3.05) is 21.3 Å². The van der Waals surface area contributed by atoms with Gasteiger partial charge >= 0.3 is 5.97 Å². The van der Waals surface area contributed by atoms with Crippen LogP contribution in [0.1, 0.15) is 15.9 Å². The number of esters is 1. The molecule has 0 N–H and O–H groups in total. The fourth-order valence-electron chi connectivity index (χ4n) is 1.22. The Bertz CT molecular complexity index is 399. The van der Waals surface area contributed by atoms with E-state index in [0.29, 0.717) is 5.56 Å². The maximum absolute atomic E-state index is 11.3. The molecule has 0 radical (unpaired) electrons. The van der Waals surface area contributed by atoms with Gasteiger partial charge in [-0.3, -0.25) is 4.98 Å². The van der Waals surface area contributed by atoms with Gasteiger partial charge in [0.1, 0.15) is 0 Å². The molecule has 0 unspecified atom stereocenters. The van der Waals surface area contributed by atoms with Gasteiger partial charge in [-0.05, 0) is 17.7 Å². The van der Waals surface area contributed by atoms with Gasteiger partial charge in [0.15, 0.2) is 6.29 Å². The van der Waals surface area contributed by atoms with Crippen LogP contribution in [0.25, 0.3) is 6.08 Å². The largest absolute Gasteiger partial charge is 0.465 e. The normalized spacial score (nSPS) is 11.1. The van der Waals surface area contributed by atoms with Crippen LogP contribution in [0.5, 0.6) is 0 Å². The molecule has 0 fully saturated rings. The Hall–Kier alpha value is -1.72. The van der Waals surface area contributed by atoms with Crippen LogP contribution in [0, 0.1) is 0 Å². The number of nitrogens with zero attached hydrogens (tertiary/aromatic N) is 1. The quantitative estimate of drug-likeness (QED) is 0.573. The molecule has 1 rings (SSSR count). The van der Waals surface area contributed by atoms with Crippen molar-refractivity contribution in [1.82, 2.24) is 4.98 Å². The Labute approximate surface area is 100 Å². The van der Waals surface area contributed by atoms with Crippen molar-refractivity contribution in [3.8, 4) is 0 Å². The number of rotatable bonds is 5. The molecule has 0 amide bonds. The Balaban J connectivity index is 2.81. The smallest absolute Gasteiger partial charge is 0.339 e. The van der Waals surface area contributed by atoms with E-state index in [-0.39, 0.29) is 0 Å². The molecule has 1 aromatic rings. The van der Waals surface area contributed by atoms with Crippen molar-refractivity contribution >= 4 is 12.0 Å². The summed E-state index contributed by atoms with van der Waals surface area (Å²) in [7, 11) is 4.42. The number of carbonyl (C=O) groups is 1. The Kier molecular flexibility index (Phi) is 5.32. The highest BCUT2D eigenvalue weighted by molar-refractivity contribution is 5.89. The van der Waals surface area contributed by atoms with Gasteiger partial charge in [0.2, 0.25) is 0 Å². The summed E-state index contributed by atoms with van der Waals surface area (Å²) >= 11 is 0. The van der Waals surface area contributed by atoms with E-state index < -0.39 is 12.3 Å². The highest BCUT2D eigenvalue weighted by Crippen LogP contribution is 2.07. The van der Waals surface area contributed by atoms with Crippen molar-refractivity contribution in [2.45, 2.75) is 6.29 Å². The number of methoxy groups -OCH3 is 3. The second-order valence-electron chi connectivity index (χ2n) is 3.20. The highest BCUT2D eigenvalue weighted by atomic mass is 16.7. The van der Waals surface area contributed by atoms with Crippen LogP contribution in [-0.4, -0.2) is 38.6 Å². The van der Waals surface area contributed by atoms with E-state index in [2.05, 4.69) is 9.72 Å².